The minimum atomic E-state index is 0.157. The highest BCUT2D eigenvalue weighted by atomic mass is 32.2. The minimum Gasteiger partial charge on any atom is -0.368 e. The molecule has 0 aliphatic carbocycles. The van der Waals surface area contributed by atoms with Gasteiger partial charge in [-0.3, -0.25) is 4.79 Å². The smallest absolute Gasteiger partial charge is 0.219 e. The number of rotatable bonds is 5. The van der Waals surface area contributed by atoms with Crippen LogP contribution >= 0.6 is 23.1 Å². The Bertz CT molecular complexity index is 939. The third-order valence-corrected chi connectivity index (χ3v) is 6.51. The molecule has 144 valence electrons. The number of benzene rings is 1. The van der Waals surface area contributed by atoms with E-state index in [9.17, 15) is 4.79 Å². The van der Waals surface area contributed by atoms with Gasteiger partial charge < -0.3 is 15.1 Å². The van der Waals surface area contributed by atoms with Gasteiger partial charge in [0.05, 0.1) is 10.4 Å². The Labute approximate surface area is 172 Å². The van der Waals surface area contributed by atoms with Gasteiger partial charge in [-0.2, -0.15) is 0 Å². The van der Waals surface area contributed by atoms with Crippen molar-refractivity contribution in [2.24, 2.45) is 0 Å². The second-order valence-electron chi connectivity index (χ2n) is 6.42. The standard InChI is InChI=1S/C20H21N5OS2/c1-15(26)24-9-11-25(12-10-24)16-5-4-6-17(13-16)27-19-14-22-20(28-19)23-18-7-2-3-8-21-18/h2-8,13-14H,9-12H2,1H3,(H,21,22,23). The second kappa shape index (κ2) is 8.62. The van der Waals surface area contributed by atoms with E-state index >= 15 is 0 Å². The maximum Gasteiger partial charge on any atom is 0.219 e. The summed E-state index contributed by atoms with van der Waals surface area (Å²) in [5, 5.41) is 4.06. The van der Waals surface area contributed by atoms with Crippen LogP contribution in [-0.2, 0) is 4.79 Å². The first kappa shape index (κ1) is 18.8. The Balaban J connectivity index is 1.39. The summed E-state index contributed by atoms with van der Waals surface area (Å²) >= 11 is 3.32. The number of piperazine rings is 1. The van der Waals surface area contributed by atoms with Gasteiger partial charge in [-0.05, 0) is 30.3 Å². The number of amides is 1. The van der Waals surface area contributed by atoms with Crippen LogP contribution in [0.4, 0.5) is 16.6 Å². The molecule has 6 nitrogen and oxygen atoms in total. The number of carbonyl (C=O) groups is 1. The van der Waals surface area contributed by atoms with Crippen LogP contribution in [0.2, 0.25) is 0 Å². The molecule has 2 aromatic heterocycles. The molecule has 1 saturated heterocycles. The molecule has 0 unspecified atom stereocenters. The summed E-state index contributed by atoms with van der Waals surface area (Å²) < 4.78 is 1.12. The molecule has 1 N–H and O–H groups in total. The van der Waals surface area contributed by atoms with Gasteiger partial charge >= 0.3 is 0 Å². The summed E-state index contributed by atoms with van der Waals surface area (Å²) in [6, 6.07) is 14.3. The van der Waals surface area contributed by atoms with Crippen molar-refractivity contribution >= 4 is 45.6 Å². The van der Waals surface area contributed by atoms with Gasteiger partial charge in [0.1, 0.15) is 5.82 Å². The number of anilines is 3. The van der Waals surface area contributed by atoms with Crippen LogP contribution < -0.4 is 10.2 Å². The first-order valence-electron chi connectivity index (χ1n) is 9.10. The third-order valence-electron chi connectivity index (χ3n) is 4.51. The number of hydrogen-bond acceptors (Lipinski definition) is 7. The molecule has 4 rings (SSSR count). The average molecular weight is 412 g/mol. The highest BCUT2D eigenvalue weighted by Crippen LogP contribution is 2.36. The number of nitrogens with zero attached hydrogens (tertiary/aromatic N) is 4. The Morgan fingerprint density at radius 1 is 1.11 bits per heavy atom. The quantitative estimate of drug-likeness (QED) is 0.682. The van der Waals surface area contributed by atoms with E-state index in [2.05, 4.69) is 44.5 Å². The molecule has 3 heterocycles. The summed E-state index contributed by atoms with van der Waals surface area (Å²) in [5.74, 6) is 0.948. The van der Waals surface area contributed by atoms with E-state index in [4.69, 9.17) is 0 Å². The second-order valence-corrected chi connectivity index (χ2v) is 8.82. The average Bonchev–Trinajstić information content (AvgIpc) is 3.15. The Kier molecular flexibility index (Phi) is 5.78. The maximum atomic E-state index is 11.5. The lowest BCUT2D eigenvalue weighted by Gasteiger charge is -2.35. The van der Waals surface area contributed by atoms with Crippen molar-refractivity contribution in [3.63, 3.8) is 0 Å². The zero-order valence-corrected chi connectivity index (χ0v) is 17.2. The molecule has 1 aromatic carbocycles. The fraction of sp³-hybridized carbons (Fsp3) is 0.250. The lowest BCUT2D eigenvalue weighted by atomic mass is 10.2. The molecule has 3 aromatic rings. The molecule has 0 atom stereocenters. The molecule has 0 spiro atoms. The molecule has 1 fully saturated rings. The Hall–Kier alpha value is -2.58. The van der Waals surface area contributed by atoms with Gasteiger partial charge in [0.2, 0.25) is 5.91 Å². The molecule has 0 bridgehead atoms. The SMILES string of the molecule is CC(=O)N1CCN(c2cccc(Sc3cnc(Nc4ccccn4)s3)c2)CC1. The van der Waals surface area contributed by atoms with Crippen LogP contribution in [0.3, 0.4) is 0 Å². The van der Waals surface area contributed by atoms with Crippen LogP contribution in [0.15, 0.2) is 64.0 Å². The first-order chi connectivity index (χ1) is 13.7. The van der Waals surface area contributed by atoms with E-state index < -0.39 is 0 Å². The monoisotopic (exact) mass is 411 g/mol. The molecular weight excluding hydrogens is 390 g/mol. The Morgan fingerprint density at radius 2 is 1.96 bits per heavy atom. The third kappa shape index (κ3) is 4.63. The number of hydrogen-bond donors (Lipinski definition) is 1. The fourth-order valence-corrected chi connectivity index (χ4v) is 4.96. The minimum absolute atomic E-state index is 0.157. The molecule has 1 aliphatic rings. The van der Waals surface area contributed by atoms with E-state index in [0.717, 1.165) is 41.3 Å². The molecule has 0 saturated carbocycles. The summed E-state index contributed by atoms with van der Waals surface area (Å²) in [6.07, 6.45) is 3.65. The topological polar surface area (TPSA) is 61.4 Å². The zero-order valence-electron chi connectivity index (χ0n) is 15.5. The van der Waals surface area contributed by atoms with Crippen LogP contribution in [0.25, 0.3) is 0 Å². The van der Waals surface area contributed by atoms with Crippen molar-refractivity contribution in [3.05, 3.63) is 54.9 Å². The number of pyridine rings is 1. The van der Waals surface area contributed by atoms with Gasteiger partial charge in [0, 0.05) is 49.9 Å². The highest BCUT2D eigenvalue weighted by Gasteiger charge is 2.19. The number of nitrogens with one attached hydrogen (secondary N) is 1. The van der Waals surface area contributed by atoms with Crippen molar-refractivity contribution in [2.45, 2.75) is 16.0 Å². The normalized spacial score (nSPS) is 14.2. The predicted molar refractivity (Wildman–Crippen MR) is 115 cm³/mol. The maximum absolute atomic E-state index is 11.5. The van der Waals surface area contributed by atoms with Crippen molar-refractivity contribution in [2.75, 3.05) is 36.4 Å². The van der Waals surface area contributed by atoms with Gasteiger partial charge in [0.15, 0.2) is 5.13 Å². The van der Waals surface area contributed by atoms with Crippen LogP contribution in [0.5, 0.6) is 0 Å². The lowest BCUT2D eigenvalue weighted by molar-refractivity contribution is -0.129. The molecule has 28 heavy (non-hydrogen) atoms. The van der Waals surface area contributed by atoms with Crippen LogP contribution in [0.1, 0.15) is 6.92 Å². The largest absolute Gasteiger partial charge is 0.368 e. The molecular formula is C20H21N5OS2. The molecule has 8 heteroatoms. The molecule has 1 aliphatic heterocycles. The summed E-state index contributed by atoms with van der Waals surface area (Å²) in [6.45, 7) is 4.94. The fourth-order valence-electron chi connectivity index (χ4n) is 3.05. The van der Waals surface area contributed by atoms with Gasteiger partial charge in [-0.15, -0.1) is 0 Å². The van der Waals surface area contributed by atoms with Gasteiger partial charge in [-0.1, -0.05) is 35.2 Å². The number of aromatic nitrogens is 2. The van der Waals surface area contributed by atoms with Crippen molar-refractivity contribution < 1.29 is 4.79 Å². The highest BCUT2D eigenvalue weighted by molar-refractivity contribution is 8.01. The number of carbonyl (C=O) groups excluding carboxylic acids is 1. The molecule has 1 amide bonds. The van der Waals surface area contributed by atoms with E-state index in [1.165, 1.54) is 10.6 Å². The van der Waals surface area contributed by atoms with Crippen LogP contribution in [-0.4, -0.2) is 47.0 Å². The predicted octanol–water partition coefficient (Wildman–Crippen LogP) is 4.10. The van der Waals surface area contributed by atoms with Crippen LogP contribution in [0, 0.1) is 0 Å². The van der Waals surface area contributed by atoms with Gasteiger partial charge in [0.25, 0.3) is 0 Å². The van der Waals surface area contributed by atoms with E-state index in [1.54, 1.807) is 36.2 Å². The van der Waals surface area contributed by atoms with Gasteiger partial charge in [-0.25, -0.2) is 9.97 Å². The lowest BCUT2D eigenvalue weighted by Crippen LogP contribution is -2.48. The van der Waals surface area contributed by atoms with Crippen molar-refractivity contribution in [3.8, 4) is 0 Å². The number of thiazole rings is 1. The zero-order chi connectivity index (χ0) is 19.3. The Morgan fingerprint density at radius 3 is 2.71 bits per heavy atom. The summed E-state index contributed by atoms with van der Waals surface area (Å²) in [4.78, 5) is 25.6. The summed E-state index contributed by atoms with van der Waals surface area (Å²) in [5.41, 5.74) is 1.20. The van der Waals surface area contributed by atoms with Crippen molar-refractivity contribution in [1.29, 1.82) is 0 Å². The van der Waals surface area contributed by atoms with E-state index in [1.807, 2.05) is 29.3 Å². The van der Waals surface area contributed by atoms with Crippen molar-refractivity contribution in [1.82, 2.24) is 14.9 Å². The van der Waals surface area contributed by atoms with E-state index in [-0.39, 0.29) is 5.91 Å². The summed E-state index contributed by atoms with van der Waals surface area (Å²) in [7, 11) is 0. The first-order valence-corrected chi connectivity index (χ1v) is 10.7. The van der Waals surface area contributed by atoms with E-state index in [0.29, 0.717) is 0 Å². The molecule has 0 radical (unpaired) electrons.